The Labute approximate surface area is 77.6 Å². The summed E-state index contributed by atoms with van der Waals surface area (Å²) in [5.41, 5.74) is 8.38. The van der Waals surface area contributed by atoms with Crippen molar-refractivity contribution in [2.24, 2.45) is 11.0 Å². The molecule has 5 heteroatoms. The Balaban J connectivity index is 2.67. The van der Waals surface area contributed by atoms with Gasteiger partial charge in [-0.15, -0.1) is 0 Å². The van der Waals surface area contributed by atoms with Gasteiger partial charge in [-0.2, -0.15) is 0 Å². The molecule has 1 heterocycles. The Bertz CT molecular complexity index is 215. The van der Waals surface area contributed by atoms with Crippen LogP contribution < -0.4 is 0 Å². The van der Waals surface area contributed by atoms with Crippen LogP contribution in [0.2, 0.25) is 0 Å². The first-order valence-electron chi connectivity index (χ1n) is 4.39. The zero-order valence-corrected chi connectivity index (χ0v) is 8.17. The fraction of sp³-hybridized carbons (Fsp3) is 1.00. The van der Waals surface area contributed by atoms with E-state index in [0.29, 0.717) is 6.61 Å². The van der Waals surface area contributed by atoms with Crippen LogP contribution in [0.3, 0.4) is 0 Å². The van der Waals surface area contributed by atoms with Crippen molar-refractivity contribution in [2.75, 3.05) is 13.7 Å². The number of hydrogen-bond donors (Lipinski definition) is 0. The molecule has 0 saturated carbocycles. The molecule has 5 nitrogen and oxygen atoms in total. The van der Waals surface area contributed by atoms with Crippen molar-refractivity contribution in [3.05, 3.63) is 10.4 Å². The van der Waals surface area contributed by atoms with Gasteiger partial charge >= 0.3 is 0 Å². The average molecular weight is 185 g/mol. The maximum Gasteiger partial charge on any atom is 0.0900 e. The van der Waals surface area contributed by atoms with Crippen molar-refractivity contribution in [1.82, 2.24) is 0 Å². The highest BCUT2D eigenvalue weighted by atomic mass is 16.5. The van der Waals surface area contributed by atoms with E-state index < -0.39 is 0 Å². The molecule has 1 rings (SSSR count). The number of methoxy groups -OCH3 is 1. The minimum Gasteiger partial charge on any atom is -0.382 e. The number of hydrogen-bond acceptors (Lipinski definition) is 3. The summed E-state index contributed by atoms with van der Waals surface area (Å²) in [6, 6.07) is -0.0973. The first-order chi connectivity index (χ1) is 6.20. The SMILES string of the molecule is COCC1OC(C)C(C)C1N=[N+]=[N-]. The van der Waals surface area contributed by atoms with Gasteiger partial charge in [-0.1, -0.05) is 12.0 Å². The zero-order valence-electron chi connectivity index (χ0n) is 8.17. The Morgan fingerprint density at radius 2 is 2.23 bits per heavy atom. The van der Waals surface area contributed by atoms with Crippen molar-refractivity contribution >= 4 is 0 Å². The van der Waals surface area contributed by atoms with Crippen molar-refractivity contribution in [3.63, 3.8) is 0 Å². The second kappa shape index (κ2) is 4.46. The van der Waals surface area contributed by atoms with Gasteiger partial charge in [0.2, 0.25) is 0 Å². The molecular formula is C8H15N3O2. The Kier molecular flexibility index (Phi) is 3.54. The maximum atomic E-state index is 8.38. The van der Waals surface area contributed by atoms with Crippen molar-refractivity contribution in [3.8, 4) is 0 Å². The van der Waals surface area contributed by atoms with Crippen molar-refractivity contribution in [1.29, 1.82) is 0 Å². The van der Waals surface area contributed by atoms with Crippen LogP contribution in [-0.4, -0.2) is 32.0 Å². The number of rotatable bonds is 3. The first kappa shape index (κ1) is 10.3. The summed E-state index contributed by atoms with van der Waals surface area (Å²) in [6.45, 7) is 4.50. The quantitative estimate of drug-likeness (QED) is 0.382. The molecule has 0 N–H and O–H groups in total. The van der Waals surface area contributed by atoms with E-state index in [9.17, 15) is 0 Å². The second-order valence-corrected chi connectivity index (χ2v) is 3.39. The molecule has 0 bridgehead atoms. The summed E-state index contributed by atoms with van der Waals surface area (Å²) < 4.78 is 10.6. The van der Waals surface area contributed by atoms with Crippen molar-refractivity contribution in [2.45, 2.75) is 32.1 Å². The molecule has 1 aliphatic heterocycles. The van der Waals surface area contributed by atoms with E-state index in [1.54, 1.807) is 7.11 Å². The van der Waals surface area contributed by atoms with E-state index in [0.717, 1.165) is 0 Å². The minimum atomic E-state index is -0.0973. The van der Waals surface area contributed by atoms with Gasteiger partial charge in [0.15, 0.2) is 0 Å². The summed E-state index contributed by atoms with van der Waals surface area (Å²) in [7, 11) is 1.62. The molecular weight excluding hydrogens is 170 g/mol. The second-order valence-electron chi connectivity index (χ2n) is 3.39. The van der Waals surface area contributed by atoms with Gasteiger partial charge in [0.1, 0.15) is 0 Å². The van der Waals surface area contributed by atoms with Gasteiger partial charge in [0.25, 0.3) is 0 Å². The van der Waals surface area contributed by atoms with E-state index in [1.807, 2.05) is 13.8 Å². The van der Waals surface area contributed by atoms with Crippen LogP contribution in [0.25, 0.3) is 10.4 Å². The largest absolute Gasteiger partial charge is 0.382 e. The topological polar surface area (TPSA) is 67.2 Å². The summed E-state index contributed by atoms with van der Waals surface area (Å²) in [5, 5.41) is 3.73. The lowest BCUT2D eigenvalue weighted by molar-refractivity contribution is -0.00136. The fourth-order valence-corrected chi connectivity index (χ4v) is 1.64. The van der Waals surface area contributed by atoms with Gasteiger partial charge in [-0.05, 0) is 18.4 Å². The third-order valence-electron chi connectivity index (χ3n) is 2.57. The molecule has 74 valence electrons. The third-order valence-corrected chi connectivity index (χ3v) is 2.57. The smallest absolute Gasteiger partial charge is 0.0900 e. The Hall–Kier alpha value is -0.770. The number of nitrogens with zero attached hydrogens (tertiary/aromatic N) is 3. The highest BCUT2D eigenvalue weighted by Crippen LogP contribution is 2.29. The molecule has 0 aromatic heterocycles. The summed E-state index contributed by atoms with van der Waals surface area (Å²) >= 11 is 0. The van der Waals surface area contributed by atoms with Crippen LogP contribution >= 0.6 is 0 Å². The fourth-order valence-electron chi connectivity index (χ4n) is 1.64. The normalized spacial score (nSPS) is 38.7. The molecule has 13 heavy (non-hydrogen) atoms. The van der Waals surface area contributed by atoms with E-state index in [4.69, 9.17) is 15.0 Å². The van der Waals surface area contributed by atoms with Crippen LogP contribution in [-0.2, 0) is 9.47 Å². The van der Waals surface area contributed by atoms with Crippen LogP contribution in [0.1, 0.15) is 13.8 Å². The lowest BCUT2D eigenvalue weighted by Gasteiger charge is -2.13. The molecule has 0 aromatic carbocycles. The minimum absolute atomic E-state index is 0.0918. The van der Waals surface area contributed by atoms with Gasteiger partial charge in [0, 0.05) is 12.0 Å². The molecule has 0 aliphatic carbocycles. The molecule has 0 radical (unpaired) electrons. The highest BCUT2D eigenvalue weighted by molar-refractivity contribution is 4.91. The van der Waals surface area contributed by atoms with Gasteiger partial charge in [0.05, 0.1) is 24.9 Å². The van der Waals surface area contributed by atoms with Crippen LogP contribution in [0, 0.1) is 5.92 Å². The van der Waals surface area contributed by atoms with E-state index >= 15 is 0 Å². The lowest BCUT2D eigenvalue weighted by Crippen LogP contribution is -2.27. The Morgan fingerprint density at radius 3 is 2.77 bits per heavy atom. The third kappa shape index (κ3) is 2.12. The first-order valence-corrected chi connectivity index (χ1v) is 4.39. The van der Waals surface area contributed by atoms with Crippen LogP contribution in [0.4, 0.5) is 0 Å². The van der Waals surface area contributed by atoms with Gasteiger partial charge < -0.3 is 9.47 Å². The van der Waals surface area contributed by atoms with Gasteiger partial charge in [-0.3, -0.25) is 0 Å². The van der Waals surface area contributed by atoms with E-state index in [1.165, 1.54) is 0 Å². The predicted octanol–water partition coefficient (Wildman–Crippen LogP) is 1.74. The molecule has 0 amide bonds. The van der Waals surface area contributed by atoms with Crippen LogP contribution in [0.15, 0.2) is 5.11 Å². The lowest BCUT2D eigenvalue weighted by atomic mass is 9.98. The molecule has 4 atom stereocenters. The Morgan fingerprint density at radius 1 is 1.54 bits per heavy atom. The predicted molar refractivity (Wildman–Crippen MR) is 48.3 cm³/mol. The van der Waals surface area contributed by atoms with Crippen molar-refractivity contribution < 1.29 is 9.47 Å². The van der Waals surface area contributed by atoms with E-state index in [2.05, 4.69) is 10.0 Å². The molecule has 1 aliphatic rings. The summed E-state index contributed by atoms with van der Waals surface area (Å²) in [4.78, 5) is 2.82. The average Bonchev–Trinajstić information content (AvgIpc) is 2.34. The molecule has 1 saturated heterocycles. The molecule has 0 spiro atoms. The summed E-state index contributed by atoms with van der Waals surface area (Å²) in [6.07, 6.45) is 0.0431. The maximum absolute atomic E-state index is 8.38. The zero-order chi connectivity index (χ0) is 9.84. The standard InChI is InChI=1S/C8H15N3O2/c1-5-6(2)13-7(4-12-3)8(5)10-11-9/h5-8H,4H2,1-3H3. The number of azide groups is 1. The highest BCUT2D eigenvalue weighted by Gasteiger charge is 2.38. The number of ether oxygens (including phenoxy) is 2. The summed E-state index contributed by atoms with van der Waals surface area (Å²) in [5.74, 6) is 0.260. The van der Waals surface area contributed by atoms with Crippen LogP contribution in [0.5, 0.6) is 0 Å². The monoisotopic (exact) mass is 185 g/mol. The molecule has 0 aromatic rings. The molecule has 1 fully saturated rings. The van der Waals surface area contributed by atoms with Gasteiger partial charge in [-0.25, -0.2) is 0 Å². The molecule has 4 unspecified atom stereocenters. The van der Waals surface area contributed by atoms with E-state index in [-0.39, 0.29) is 24.2 Å².